The average Bonchev–Trinajstić information content (AvgIpc) is 2.62. The third-order valence-corrected chi connectivity index (χ3v) is 5.97. The van der Waals surface area contributed by atoms with Crippen LogP contribution < -0.4 is 10.6 Å². The van der Waals surface area contributed by atoms with Gasteiger partial charge in [-0.25, -0.2) is 0 Å². The van der Waals surface area contributed by atoms with Crippen molar-refractivity contribution in [3.05, 3.63) is 54.1 Å². The maximum absolute atomic E-state index is 12.9. The topological polar surface area (TPSA) is 61.4 Å². The summed E-state index contributed by atoms with van der Waals surface area (Å²) >= 11 is 0. The van der Waals surface area contributed by atoms with Gasteiger partial charge in [0.1, 0.15) is 0 Å². The Hall–Kier alpha value is -2.49. The summed E-state index contributed by atoms with van der Waals surface area (Å²) < 4.78 is 0. The Bertz CT molecular complexity index is 832. The molecule has 4 nitrogen and oxygen atoms in total. The van der Waals surface area contributed by atoms with Crippen LogP contribution in [0.4, 0.5) is 11.4 Å². The van der Waals surface area contributed by atoms with E-state index in [9.17, 15) is 9.90 Å². The van der Waals surface area contributed by atoms with Crippen LogP contribution in [0.5, 0.6) is 5.75 Å². The summed E-state index contributed by atoms with van der Waals surface area (Å²) in [5.74, 6) is -0.229. The Labute approximate surface area is 168 Å². The zero-order chi connectivity index (χ0) is 20.4. The predicted molar refractivity (Wildman–Crippen MR) is 115 cm³/mol. The molecule has 0 heterocycles. The fraction of sp³-hybridized carbons (Fsp3) is 0.458. The highest BCUT2D eigenvalue weighted by atomic mass is 16.3. The predicted octanol–water partition coefficient (Wildman–Crippen LogP) is 5.86. The van der Waals surface area contributed by atoms with Gasteiger partial charge in [-0.3, -0.25) is 4.79 Å². The van der Waals surface area contributed by atoms with Crippen molar-refractivity contribution in [2.75, 3.05) is 5.32 Å². The van der Waals surface area contributed by atoms with Gasteiger partial charge in [-0.05, 0) is 54.4 Å². The van der Waals surface area contributed by atoms with Crippen LogP contribution in [0.15, 0.2) is 48.5 Å². The first-order valence-corrected chi connectivity index (χ1v) is 10.2. The van der Waals surface area contributed by atoms with Crippen LogP contribution in [0.1, 0.15) is 63.7 Å². The summed E-state index contributed by atoms with van der Waals surface area (Å²) in [6.07, 6.45) is 4.20. The van der Waals surface area contributed by atoms with Gasteiger partial charge in [-0.1, -0.05) is 58.4 Å². The standard InChI is InChI=1S/C24H32N2O2/c1-5-24(4)15-18(14-23(2,3)16-24)26-22(28)19-12-9-13-20(21(19)27)25-17-10-7-6-8-11-17/h6-13,18,25,27H,5,14-16H2,1-4H3,(H,26,28). The SMILES string of the molecule is CCC1(C)CC(NC(=O)c2cccc(Nc3ccccc3)c2O)CC(C)(C)C1. The Morgan fingerprint density at radius 1 is 1.07 bits per heavy atom. The van der Waals surface area contributed by atoms with E-state index in [-0.39, 0.29) is 28.5 Å². The third-order valence-electron chi connectivity index (χ3n) is 5.97. The molecule has 0 aromatic heterocycles. The lowest BCUT2D eigenvalue weighted by Gasteiger charge is -2.46. The molecular formula is C24H32N2O2. The molecule has 1 aliphatic carbocycles. The zero-order valence-electron chi connectivity index (χ0n) is 17.4. The lowest BCUT2D eigenvalue weighted by atomic mass is 9.61. The van der Waals surface area contributed by atoms with E-state index in [4.69, 9.17) is 0 Å². The highest BCUT2D eigenvalue weighted by Gasteiger charge is 2.40. The smallest absolute Gasteiger partial charge is 0.255 e. The van der Waals surface area contributed by atoms with E-state index in [2.05, 4.69) is 38.3 Å². The van der Waals surface area contributed by atoms with Gasteiger partial charge in [-0.15, -0.1) is 0 Å². The van der Waals surface area contributed by atoms with Gasteiger partial charge < -0.3 is 15.7 Å². The molecule has 1 fully saturated rings. The molecule has 2 atom stereocenters. The fourth-order valence-electron chi connectivity index (χ4n) is 4.77. The van der Waals surface area contributed by atoms with Gasteiger partial charge in [0.2, 0.25) is 0 Å². The van der Waals surface area contributed by atoms with Crippen molar-refractivity contribution in [2.24, 2.45) is 10.8 Å². The number of rotatable bonds is 5. The maximum Gasteiger partial charge on any atom is 0.255 e. The fourth-order valence-corrected chi connectivity index (χ4v) is 4.77. The summed E-state index contributed by atoms with van der Waals surface area (Å²) in [6, 6.07) is 15.0. The van der Waals surface area contributed by atoms with E-state index >= 15 is 0 Å². The highest BCUT2D eigenvalue weighted by Crippen LogP contribution is 2.47. The molecule has 1 saturated carbocycles. The summed E-state index contributed by atoms with van der Waals surface area (Å²) in [5.41, 5.74) is 2.13. The Balaban J connectivity index is 1.76. The number of anilines is 2. The van der Waals surface area contributed by atoms with Crippen molar-refractivity contribution >= 4 is 17.3 Å². The molecule has 0 saturated heterocycles. The third kappa shape index (κ3) is 4.67. The van der Waals surface area contributed by atoms with Gasteiger partial charge in [0.05, 0.1) is 11.3 Å². The Kier molecular flexibility index (Phi) is 5.69. The first-order chi connectivity index (χ1) is 13.2. The molecule has 3 N–H and O–H groups in total. The highest BCUT2D eigenvalue weighted by molar-refractivity contribution is 5.99. The van der Waals surface area contributed by atoms with Gasteiger partial charge in [-0.2, -0.15) is 0 Å². The van der Waals surface area contributed by atoms with E-state index in [1.165, 1.54) is 6.42 Å². The second-order valence-corrected chi connectivity index (χ2v) is 9.28. The normalized spacial score (nSPS) is 23.8. The van der Waals surface area contributed by atoms with Gasteiger partial charge >= 0.3 is 0 Å². The molecule has 1 amide bonds. The number of hydrogen-bond acceptors (Lipinski definition) is 3. The number of carbonyl (C=O) groups excluding carboxylic acids is 1. The van der Waals surface area contributed by atoms with Crippen LogP contribution in [0.25, 0.3) is 0 Å². The Morgan fingerprint density at radius 2 is 1.79 bits per heavy atom. The number of para-hydroxylation sites is 2. The molecule has 4 heteroatoms. The lowest BCUT2D eigenvalue weighted by Crippen LogP contribution is -2.46. The molecule has 0 radical (unpaired) electrons. The van der Waals surface area contributed by atoms with E-state index < -0.39 is 0 Å². The number of nitrogens with one attached hydrogen (secondary N) is 2. The molecule has 0 aliphatic heterocycles. The maximum atomic E-state index is 12.9. The van der Waals surface area contributed by atoms with Crippen molar-refractivity contribution in [1.29, 1.82) is 0 Å². The van der Waals surface area contributed by atoms with Crippen LogP contribution in [-0.2, 0) is 0 Å². The first kappa shape index (κ1) is 20.2. The van der Waals surface area contributed by atoms with E-state index in [1.807, 2.05) is 30.3 Å². The summed E-state index contributed by atoms with van der Waals surface area (Å²) in [4.78, 5) is 12.9. The van der Waals surface area contributed by atoms with Crippen molar-refractivity contribution in [1.82, 2.24) is 5.32 Å². The number of phenolic OH excluding ortho intramolecular Hbond substituents is 1. The van der Waals surface area contributed by atoms with Crippen LogP contribution in [0.2, 0.25) is 0 Å². The molecule has 2 aromatic rings. The molecule has 28 heavy (non-hydrogen) atoms. The van der Waals surface area contributed by atoms with Crippen molar-refractivity contribution in [3.8, 4) is 5.75 Å². The van der Waals surface area contributed by atoms with Crippen molar-refractivity contribution in [3.63, 3.8) is 0 Å². The minimum Gasteiger partial charge on any atom is -0.505 e. The van der Waals surface area contributed by atoms with Crippen LogP contribution in [0, 0.1) is 10.8 Å². The van der Waals surface area contributed by atoms with E-state index in [0.29, 0.717) is 11.3 Å². The van der Waals surface area contributed by atoms with Crippen molar-refractivity contribution in [2.45, 2.75) is 59.4 Å². The molecule has 150 valence electrons. The number of hydrogen-bond donors (Lipinski definition) is 3. The lowest BCUT2D eigenvalue weighted by molar-refractivity contribution is 0.0606. The van der Waals surface area contributed by atoms with Crippen LogP contribution in [-0.4, -0.2) is 17.1 Å². The molecule has 2 unspecified atom stereocenters. The molecule has 1 aliphatic rings. The van der Waals surface area contributed by atoms with E-state index in [1.54, 1.807) is 18.2 Å². The second kappa shape index (κ2) is 7.86. The Morgan fingerprint density at radius 3 is 2.46 bits per heavy atom. The van der Waals surface area contributed by atoms with Crippen LogP contribution in [0.3, 0.4) is 0 Å². The monoisotopic (exact) mass is 380 g/mol. The molecule has 0 bridgehead atoms. The molecule has 3 rings (SSSR count). The van der Waals surface area contributed by atoms with Gasteiger partial charge in [0.15, 0.2) is 5.75 Å². The van der Waals surface area contributed by atoms with Gasteiger partial charge in [0.25, 0.3) is 5.91 Å². The largest absolute Gasteiger partial charge is 0.505 e. The first-order valence-electron chi connectivity index (χ1n) is 10.2. The number of phenols is 1. The minimum atomic E-state index is -0.213. The summed E-state index contributed by atoms with van der Waals surface area (Å²) in [7, 11) is 0. The van der Waals surface area contributed by atoms with Crippen LogP contribution >= 0.6 is 0 Å². The average molecular weight is 381 g/mol. The second-order valence-electron chi connectivity index (χ2n) is 9.28. The zero-order valence-corrected chi connectivity index (χ0v) is 17.4. The summed E-state index contributed by atoms with van der Waals surface area (Å²) in [5, 5.41) is 17.0. The van der Waals surface area contributed by atoms with Crippen molar-refractivity contribution < 1.29 is 9.90 Å². The quantitative estimate of drug-likeness (QED) is 0.569. The number of benzene rings is 2. The minimum absolute atomic E-state index is 0.0165. The summed E-state index contributed by atoms with van der Waals surface area (Å²) in [6.45, 7) is 9.10. The molecular weight excluding hydrogens is 348 g/mol. The number of amides is 1. The molecule has 0 spiro atoms. The van der Waals surface area contributed by atoms with Gasteiger partial charge in [0, 0.05) is 11.7 Å². The number of carbonyl (C=O) groups is 1. The molecule has 2 aromatic carbocycles. The number of aromatic hydroxyl groups is 1. The van der Waals surface area contributed by atoms with E-state index in [0.717, 1.165) is 24.9 Å².